The van der Waals surface area contributed by atoms with Crippen LogP contribution in [-0.4, -0.2) is 64.5 Å². The van der Waals surface area contributed by atoms with Gasteiger partial charge in [-0.1, -0.05) is 25.7 Å². The minimum atomic E-state index is -0.00995. The summed E-state index contributed by atoms with van der Waals surface area (Å²) in [5.41, 5.74) is 2.64. The molecule has 1 saturated heterocycles. The van der Waals surface area contributed by atoms with Crippen LogP contribution in [0.3, 0.4) is 0 Å². The maximum absolute atomic E-state index is 12.8. The van der Waals surface area contributed by atoms with Crippen LogP contribution >= 0.6 is 0 Å². The smallest absolute Gasteiger partial charge is 0.274 e. The van der Waals surface area contributed by atoms with Crippen LogP contribution in [0.5, 0.6) is 0 Å². The predicted octanol–water partition coefficient (Wildman–Crippen LogP) is 1.31. The molecule has 0 bridgehead atoms. The molecule has 3 heterocycles. The number of rotatable bonds is 4. The van der Waals surface area contributed by atoms with Gasteiger partial charge in [0.15, 0.2) is 5.69 Å². The number of hydrogen-bond donors (Lipinski definition) is 2. The molecule has 1 saturated carbocycles. The number of amides is 2. The van der Waals surface area contributed by atoms with Crippen LogP contribution in [-0.2, 0) is 17.8 Å². The monoisotopic (exact) mass is 359 g/mol. The zero-order valence-corrected chi connectivity index (χ0v) is 15.4. The van der Waals surface area contributed by atoms with E-state index in [1.165, 1.54) is 25.7 Å². The first-order chi connectivity index (χ1) is 12.7. The highest BCUT2D eigenvalue weighted by Gasteiger charge is 2.29. The average molecular weight is 359 g/mol. The Hall–Kier alpha value is -1.89. The lowest BCUT2D eigenvalue weighted by atomic mass is 10.0. The molecule has 0 aromatic carbocycles. The largest absolute Gasteiger partial charge is 0.339 e. The molecule has 1 aromatic heterocycles. The molecule has 2 fully saturated rings. The topological polar surface area (TPSA) is 81.3 Å². The minimum absolute atomic E-state index is 0.00995. The summed E-state index contributed by atoms with van der Waals surface area (Å²) in [6, 6.07) is 0. The normalized spacial score (nSPS) is 21.1. The number of aromatic amines is 1. The van der Waals surface area contributed by atoms with Crippen molar-refractivity contribution in [3.8, 4) is 0 Å². The molecule has 2 aliphatic heterocycles. The van der Waals surface area contributed by atoms with Crippen LogP contribution in [0.2, 0.25) is 0 Å². The second-order valence-electron chi connectivity index (χ2n) is 7.82. The lowest BCUT2D eigenvalue weighted by Crippen LogP contribution is -2.50. The zero-order valence-electron chi connectivity index (χ0n) is 15.4. The number of carbonyl (C=O) groups excluding carboxylic acids is 2. The molecule has 1 aromatic rings. The van der Waals surface area contributed by atoms with Gasteiger partial charge in [-0.2, -0.15) is 5.10 Å². The van der Waals surface area contributed by atoms with Gasteiger partial charge in [0, 0.05) is 63.4 Å². The SMILES string of the molecule is O=C(CCC1CCCC1)N1CCN(C(=O)c2n[nH]c3c2CNCC3)CC1. The highest BCUT2D eigenvalue weighted by atomic mass is 16.2. The molecule has 1 aliphatic carbocycles. The summed E-state index contributed by atoms with van der Waals surface area (Å²) in [6.07, 6.45) is 7.81. The van der Waals surface area contributed by atoms with E-state index in [-0.39, 0.29) is 11.8 Å². The predicted molar refractivity (Wildman–Crippen MR) is 97.7 cm³/mol. The maximum atomic E-state index is 12.8. The highest BCUT2D eigenvalue weighted by molar-refractivity contribution is 5.94. The Labute approximate surface area is 154 Å². The summed E-state index contributed by atoms with van der Waals surface area (Å²) < 4.78 is 0. The number of nitrogens with one attached hydrogen (secondary N) is 2. The van der Waals surface area contributed by atoms with Crippen molar-refractivity contribution in [2.75, 3.05) is 32.7 Å². The van der Waals surface area contributed by atoms with Crippen molar-refractivity contribution in [2.45, 2.75) is 51.5 Å². The van der Waals surface area contributed by atoms with E-state index in [0.29, 0.717) is 44.8 Å². The van der Waals surface area contributed by atoms with Gasteiger partial charge in [0.25, 0.3) is 5.91 Å². The van der Waals surface area contributed by atoms with Gasteiger partial charge in [-0.3, -0.25) is 14.7 Å². The molecule has 26 heavy (non-hydrogen) atoms. The van der Waals surface area contributed by atoms with Crippen molar-refractivity contribution in [3.63, 3.8) is 0 Å². The number of piperazine rings is 1. The molecule has 0 radical (unpaired) electrons. The van der Waals surface area contributed by atoms with Gasteiger partial charge in [0.05, 0.1) is 0 Å². The molecule has 7 heteroatoms. The molecule has 0 unspecified atom stereocenters. The first-order valence-corrected chi connectivity index (χ1v) is 10.1. The third kappa shape index (κ3) is 3.63. The van der Waals surface area contributed by atoms with Gasteiger partial charge in [0.2, 0.25) is 5.91 Å². The summed E-state index contributed by atoms with van der Waals surface area (Å²) in [6.45, 7) is 4.10. The van der Waals surface area contributed by atoms with Crippen molar-refractivity contribution < 1.29 is 9.59 Å². The molecular formula is C19H29N5O2. The molecule has 0 atom stereocenters. The Morgan fingerprint density at radius 1 is 1.08 bits per heavy atom. The fraction of sp³-hybridized carbons (Fsp3) is 0.737. The molecular weight excluding hydrogens is 330 g/mol. The maximum Gasteiger partial charge on any atom is 0.274 e. The highest BCUT2D eigenvalue weighted by Crippen LogP contribution is 2.28. The van der Waals surface area contributed by atoms with Crippen LogP contribution in [0, 0.1) is 5.92 Å². The van der Waals surface area contributed by atoms with Gasteiger partial charge < -0.3 is 15.1 Å². The van der Waals surface area contributed by atoms with Crippen molar-refractivity contribution in [3.05, 3.63) is 17.0 Å². The molecule has 7 nitrogen and oxygen atoms in total. The number of nitrogens with zero attached hydrogens (tertiary/aromatic N) is 3. The number of aromatic nitrogens is 2. The molecule has 0 spiro atoms. The van der Waals surface area contributed by atoms with Gasteiger partial charge in [-0.25, -0.2) is 0 Å². The minimum Gasteiger partial charge on any atom is -0.339 e. The van der Waals surface area contributed by atoms with Crippen LogP contribution < -0.4 is 5.32 Å². The summed E-state index contributed by atoms with van der Waals surface area (Å²) >= 11 is 0. The summed E-state index contributed by atoms with van der Waals surface area (Å²) in [5.74, 6) is 0.996. The van der Waals surface area contributed by atoms with Crippen molar-refractivity contribution in [1.82, 2.24) is 25.3 Å². The van der Waals surface area contributed by atoms with Crippen LogP contribution in [0.1, 0.15) is 60.3 Å². The van der Waals surface area contributed by atoms with E-state index in [1.54, 1.807) is 0 Å². The van der Waals surface area contributed by atoms with E-state index < -0.39 is 0 Å². The third-order valence-corrected chi connectivity index (χ3v) is 6.17. The summed E-state index contributed by atoms with van der Waals surface area (Å²) in [5, 5.41) is 10.6. The quantitative estimate of drug-likeness (QED) is 0.849. The number of H-pyrrole nitrogens is 1. The molecule has 4 rings (SSSR count). The molecule has 3 aliphatic rings. The first kappa shape index (κ1) is 17.5. The number of fused-ring (bicyclic) bond motifs is 1. The Kier molecular flexibility index (Phi) is 5.24. The Balaban J connectivity index is 1.28. The Morgan fingerprint density at radius 3 is 2.58 bits per heavy atom. The van der Waals surface area contributed by atoms with Gasteiger partial charge in [0.1, 0.15) is 0 Å². The van der Waals surface area contributed by atoms with Crippen LogP contribution in [0.15, 0.2) is 0 Å². The Bertz CT molecular complexity index is 657. The van der Waals surface area contributed by atoms with E-state index in [0.717, 1.165) is 36.6 Å². The van der Waals surface area contributed by atoms with Gasteiger partial charge >= 0.3 is 0 Å². The van der Waals surface area contributed by atoms with Crippen molar-refractivity contribution in [2.24, 2.45) is 5.92 Å². The van der Waals surface area contributed by atoms with E-state index in [2.05, 4.69) is 15.5 Å². The van der Waals surface area contributed by atoms with E-state index in [1.807, 2.05) is 9.80 Å². The molecule has 2 amide bonds. The standard InChI is InChI=1S/C19H29N5O2/c25-17(6-5-14-3-1-2-4-14)23-9-11-24(12-10-23)19(26)18-15-13-20-8-7-16(15)21-22-18/h14,20H,1-13H2,(H,21,22). The third-order valence-electron chi connectivity index (χ3n) is 6.17. The number of carbonyl (C=O) groups is 2. The fourth-order valence-corrected chi connectivity index (χ4v) is 4.50. The van der Waals surface area contributed by atoms with Crippen molar-refractivity contribution in [1.29, 1.82) is 0 Å². The van der Waals surface area contributed by atoms with E-state index in [4.69, 9.17) is 0 Å². The first-order valence-electron chi connectivity index (χ1n) is 10.1. The van der Waals surface area contributed by atoms with E-state index >= 15 is 0 Å². The second-order valence-corrected chi connectivity index (χ2v) is 7.82. The fourth-order valence-electron chi connectivity index (χ4n) is 4.50. The summed E-state index contributed by atoms with van der Waals surface area (Å²) in [4.78, 5) is 29.0. The average Bonchev–Trinajstić information content (AvgIpc) is 3.35. The van der Waals surface area contributed by atoms with E-state index in [9.17, 15) is 9.59 Å². The Morgan fingerprint density at radius 2 is 1.81 bits per heavy atom. The molecule has 142 valence electrons. The summed E-state index contributed by atoms with van der Waals surface area (Å²) in [7, 11) is 0. The lowest BCUT2D eigenvalue weighted by molar-refractivity contribution is -0.133. The van der Waals surface area contributed by atoms with Crippen LogP contribution in [0.4, 0.5) is 0 Å². The lowest BCUT2D eigenvalue weighted by Gasteiger charge is -2.35. The van der Waals surface area contributed by atoms with Crippen LogP contribution in [0.25, 0.3) is 0 Å². The van der Waals surface area contributed by atoms with Gasteiger partial charge in [-0.05, 0) is 12.3 Å². The molecule has 2 N–H and O–H groups in total. The van der Waals surface area contributed by atoms with Gasteiger partial charge in [-0.15, -0.1) is 0 Å². The van der Waals surface area contributed by atoms with Crippen molar-refractivity contribution >= 4 is 11.8 Å². The number of hydrogen-bond acceptors (Lipinski definition) is 4. The zero-order chi connectivity index (χ0) is 17.9. The second kappa shape index (κ2) is 7.78.